The predicted molar refractivity (Wildman–Crippen MR) is 60.7 cm³/mol. The highest BCUT2D eigenvalue weighted by molar-refractivity contribution is 5.09. The molecule has 0 bridgehead atoms. The molecule has 1 N–H and O–H groups in total. The van der Waals surface area contributed by atoms with Gasteiger partial charge in [-0.2, -0.15) is 0 Å². The van der Waals surface area contributed by atoms with Gasteiger partial charge < -0.3 is 14.6 Å². The zero-order valence-electron chi connectivity index (χ0n) is 9.62. The van der Waals surface area contributed by atoms with Crippen molar-refractivity contribution in [3.63, 3.8) is 0 Å². The van der Waals surface area contributed by atoms with Gasteiger partial charge >= 0.3 is 0 Å². The van der Waals surface area contributed by atoms with Crippen molar-refractivity contribution in [2.75, 3.05) is 13.7 Å². The van der Waals surface area contributed by atoms with E-state index in [2.05, 4.69) is 28.3 Å². The number of aromatic nitrogens is 1. The van der Waals surface area contributed by atoms with E-state index in [0.717, 1.165) is 13.1 Å². The summed E-state index contributed by atoms with van der Waals surface area (Å²) in [7, 11) is 3.87. The van der Waals surface area contributed by atoms with Crippen molar-refractivity contribution < 1.29 is 4.74 Å². The van der Waals surface area contributed by atoms with E-state index in [1.54, 1.807) is 0 Å². The van der Waals surface area contributed by atoms with Gasteiger partial charge in [0.1, 0.15) is 0 Å². The average molecular weight is 208 g/mol. The van der Waals surface area contributed by atoms with Gasteiger partial charge in [-0.25, -0.2) is 0 Å². The molecule has 3 nitrogen and oxygen atoms in total. The smallest absolute Gasteiger partial charge is 0.0802 e. The van der Waals surface area contributed by atoms with E-state index in [4.69, 9.17) is 4.74 Å². The van der Waals surface area contributed by atoms with Crippen LogP contribution >= 0.6 is 0 Å². The molecule has 1 aliphatic carbocycles. The quantitative estimate of drug-likeness (QED) is 0.797. The van der Waals surface area contributed by atoms with E-state index in [1.165, 1.54) is 24.8 Å². The molecule has 0 amide bonds. The molecular formula is C12H20N2O. The van der Waals surface area contributed by atoms with Gasteiger partial charge in [-0.1, -0.05) is 0 Å². The number of ether oxygens (including phenoxy) is 1. The topological polar surface area (TPSA) is 26.2 Å². The summed E-state index contributed by atoms with van der Waals surface area (Å²) >= 11 is 0. The van der Waals surface area contributed by atoms with Crippen molar-refractivity contribution in [2.45, 2.75) is 31.4 Å². The van der Waals surface area contributed by atoms with Crippen LogP contribution in [-0.2, 0) is 18.3 Å². The van der Waals surface area contributed by atoms with Gasteiger partial charge in [0.25, 0.3) is 0 Å². The maximum atomic E-state index is 5.55. The fourth-order valence-corrected chi connectivity index (χ4v) is 2.12. The number of aryl methyl sites for hydroxylation is 1. The van der Waals surface area contributed by atoms with Crippen LogP contribution in [0.2, 0.25) is 0 Å². The molecule has 3 heteroatoms. The van der Waals surface area contributed by atoms with E-state index in [-0.39, 0.29) is 5.60 Å². The van der Waals surface area contributed by atoms with Crippen molar-refractivity contribution in [1.82, 2.24) is 9.88 Å². The SMILES string of the molecule is COC1(CNCc2ccn(C)c2)CCC1. The van der Waals surface area contributed by atoms with Crippen molar-refractivity contribution in [3.8, 4) is 0 Å². The van der Waals surface area contributed by atoms with Gasteiger partial charge in [0.15, 0.2) is 0 Å². The van der Waals surface area contributed by atoms with Gasteiger partial charge in [0, 0.05) is 39.6 Å². The lowest BCUT2D eigenvalue weighted by Gasteiger charge is -2.40. The minimum absolute atomic E-state index is 0.134. The standard InChI is InChI=1S/C12H20N2O/c1-14-7-4-11(9-14)8-13-10-12(15-2)5-3-6-12/h4,7,9,13H,3,5-6,8,10H2,1-2H3. The number of hydrogen-bond donors (Lipinski definition) is 1. The van der Waals surface area contributed by atoms with E-state index >= 15 is 0 Å². The Hall–Kier alpha value is -0.800. The fraction of sp³-hybridized carbons (Fsp3) is 0.667. The highest BCUT2D eigenvalue weighted by Crippen LogP contribution is 2.34. The molecule has 1 aromatic heterocycles. The summed E-state index contributed by atoms with van der Waals surface area (Å²) in [5, 5.41) is 3.47. The lowest BCUT2D eigenvalue weighted by Crippen LogP contribution is -2.47. The highest BCUT2D eigenvalue weighted by Gasteiger charge is 2.36. The number of hydrogen-bond acceptors (Lipinski definition) is 2. The van der Waals surface area contributed by atoms with Crippen LogP contribution in [0.4, 0.5) is 0 Å². The van der Waals surface area contributed by atoms with E-state index < -0.39 is 0 Å². The number of nitrogens with zero attached hydrogens (tertiary/aromatic N) is 1. The molecule has 0 spiro atoms. The minimum Gasteiger partial charge on any atom is -0.377 e. The lowest BCUT2D eigenvalue weighted by atomic mass is 9.80. The third-order valence-electron chi connectivity index (χ3n) is 3.37. The first-order chi connectivity index (χ1) is 7.24. The Labute approximate surface area is 91.4 Å². The molecule has 0 saturated heterocycles. The molecule has 0 aromatic carbocycles. The number of rotatable bonds is 5. The second kappa shape index (κ2) is 4.37. The zero-order valence-corrected chi connectivity index (χ0v) is 9.62. The van der Waals surface area contributed by atoms with Crippen LogP contribution in [-0.4, -0.2) is 23.8 Å². The third kappa shape index (κ3) is 2.41. The van der Waals surface area contributed by atoms with Crippen LogP contribution in [0.1, 0.15) is 24.8 Å². The molecular weight excluding hydrogens is 188 g/mol. The first-order valence-corrected chi connectivity index (χ1v) is 5.61. The monoisotopic (exact) mass is 208 g/mol. The summed E-state index contributed by atoms with van der Waals surface area (Å²) in [4.78, 5) is 0. The Morgan fingerprint density at radius 1 is 1.53 bits per heavy atom. The van der Waals surface area contributed by atoms with Crippen LogP contribution in [0.5, 0.6) is 0 Å². The Morgan fingerprint density at radius 2 is 2.33 bits per heavy atom. The first-order valence-electron chi connectivity index (χ1n) is 5.61. The molecule has 0 radical (unpaired) electrons. The summed E-state index contributed by atoms with van der Waals surface area (Å²) in [5.74, 6) is 0. The predicted octanol–water partition coefficient (Wildman–Crippen LogP) is 1.68. The second-order valence-corrected chi connectivity index (χ2v) is 4.53. The summed E-state index contributed by atoms with van der Waals surface area (Å²) in [6.45, 7) is 1.91. The molecule has 0 atom stereocenters. The largest absolute Gasteiger partial charge is 0.377 e. The minimum atomic E-state index is 0.134. The maximum absolute atomic E-state index is 5.55. The Morgan fingerprint density at radius 3 is 2.80 bits per heavy atom. The first kappa shape index (κ1) is 10.7. The van der Waals surface area contributed by atoms with E-state index in [9.17, 15) is 0 Å². The van der Waals surface area contributed by atoms with Gasteiger partial charge in [0.05, 0.1) is 5.60 Å². The van der Waals surface area contributed by atoms with Gasteiger partial charge in [-0.15, -0.1) is 0 Å². The molecule has 15 heavy (non-hydrogen) atoms. The Bertz CT molecular complexity index is 310. The van der Waals surface area contributed by atoms with Gasteiger partial charge in [-0.05, 0) is 30.9 Å². The van der Waals surface area contributed by atoms with Crippen LogP contribution in [0.3, 0.4) is 0 Å². The number of nitrogens with one attached hydrogen (secondary N) is 1. The van der Waals surface area contributed by atoms with Crippen LogP contribution in [0.15, 0.2) is 18.5 Å². The zero-order chi connectivity index (χ0) is 10.7. The molecule has 1 fully saturated rings. The molecule has 0 aliphatic heterocycles. The molecule has 0 unspecified atom stereocenters. The summed E-state index contributed by atoms with van der Waals surface area (Å²) < 4.78 is 7.63. The molecule has 2 rings (SSSR count). The van der Waals surface area contributed by atoms with Crippen molar-refractivity contribution in [2.24, 2.45) is 7.05 Å². The summed E-state index contributed by atoms with van der Waals surface area (Å²) in [5.41, 5.74) is 1.47. The molecule has 1 heterocycles. The Kier molecular flexibility index (Phi) is 3.12. The fourth-order valence-electron chi connectivity index (χ4n) is 2.12. The highest BCUT2D eigenvalue weighted by atomic mass is 16.5. The van der Waals surface area contributed by atoms with Gasteiger partial charge in [-0.3, -0.25) is 0 Å². The second-order valence-electron chi connectivity index (χ2n) is 4.53. The molecule has 1 aliphatic rings. The van der Waals surface area contributed by atoms with E-state index in [0.29, 0.717) is 0 Å². The summed E-state index contributed by atoms with van der Waals surface area (Å²) in [6, 6.07) is 2.15. The third-order valence-corrected chi connectivity index (χ3v) is 3.37. The summed E-state index contributed by atoms with van der Waals surface area (Å²) in [6.07, 6.45) is 7.93. The van der Waals surface area contributed by atoms with Crippen LogP contribution in [0, 0.1) is 0 Å². The average Bonchev–Trinajstić information content (AvgIpc) is 2.56. The van der Waals surface area contributed by atoms with Crippen molar-refractivity contribution in [3.05, 3.63) is 24.0 Å². The maximum Gasteiger partial charge on any atom is 0.0802 e. The molecule has 84 valence electrons. The molecule has 1 aromatic rings. The lowest BCUT2D eigenvalue weighted by molar-refractivity contribution is -0.0695. The van der Waals surface area contributed by atoms with Crippen LogP contribution in [0.25, 0.3) is 0 Å². The Balaban J connectivity index is 1.74. The van der Waals surface area contributed by atoms with E-state index in [1.807, 2.05) is 14.2 Å². The van der Waals surface area contributed by atoms with Crippen molar-refractivity contribution in [1.29, 1.82) is 0 Å². The van der Waals surface area contributed by atoms with Crippen LogP contribution < -0.4 is 5.32 Å². The van der Waals surface area contributed by atoms with Gasteiger partial charge in [0.2, 0.25) is 0 Å². The molecule has 1 saturated carbocycles. The normalized spacial score (nSPS) is 18.8. The van der Waals surface area contributed by atoms with Crippen molar-refractivity contribution >= 4 is 0 Å². The number of methoxy groups -OCH3 is 1.